The van der Waals surface area contributed by atoms with Crippen molar-refractivity contribution in [2.24, 2.45) is 11.7 Å². The van der Waals surface area contributed by atoms with Crippen LogP contribution in [0.5, 0.6) is 11.5 Å². The molecule has 1 unspecified atom stereocenters. The van der Waals surface area contributed by atoms with Crippen LogP contribution < -0.4 is 11.1 Å². The molecular weight excluding hydrogens is 244 g/mol. The molecule has 0 aliphatic carbocycles. The highest BCUT2D eigenvalue weighted by atomic mass is 16.3. The van der Waals surface area contributed by atoms with Gasteiger partial charge in [0.25, 0.3) is 5.91 Å². The Morgan fingerprint density at radius 3 is 2.26 bits per heavy atom. The summed E-state index contributed by atoms with van der Waals surface area (Å²) in [5, 5.41) is 21.8. The van der Waals surface area contributed by atoms with E-state index >= 15 is 0 Å². The molecule has 1 rings (SSSR count). The summed E-state index contributed by atoms with van der Waals surface area (Å²) in [4.78, 5) is 11.9. The normalized spacial score (nSPS) is 12.4. The van der Waals surface area contributed by atoms with Gasteiger partial charge in [-0.2, -0.15) is 0 Å². The van der Waals surface area contributed by atoms with Crippen molar-refractivity contribution in [3.8, 4) is 11.5 Å². The third-order valence-corrected chi connectivity index (χ3v) is 3.40. The highest BCUT2D eigenvalue weighted by Crippen LogP contribution is 2.25. The number of carbonyl (C=O) groups excluding carboxylic acids is 1. The first-order valence-corrected chi connectivity index (χ1v) is 6.55. The highest BCUT2D eigenvalue weighted by Gasteiger charge is 2.19. The van der Waals surface area contributed by atoms with Gasteiger partial charge in [0, 0.05) is 12.6 Å². The molecular formula is C14H22N2O3. The first-order chi connectivity index (χ1) is 9.01. The second-order valence-electron chi connectivity index (χ2n) is 4.62. The highest BCUT2D eigenvalue weighted by molar-refractivity contribution is 5.99. The fourth-order valence-electron chi connectivity index (χ4n) is 2.12. The Balaban J connectivity index is 2.66. The van der Waals surface area contributed by atoms with Crippen molar-refractivity contribution in [3.05, 3.63) is 23.8 Å². The van der Waals surface area contributed by atoms with Crippen LogP contribution in [0.25, 0.3) is 0 Å². The molecule has 1 aromatic carbocycles. The Morgan fingerprint density at radius 2 is 1.79 bits per heavy atom. The monoisotopic (exact) mass is 266 g/mol. The molecule has 0 saturated carbocycles. The van der Waals surface area contributed by atoms with E-state index in [2.05, 4.69) is 19.2 Å². The number of hydrogen-bond donors (Lipinski definition) is 4. The van der Waals surface area contributed by atoms with Crippen LogP contribution in [0.15, 0.2) is 18.2 Å². The van der Waals surface area contributed by atoms with Gasteiger partial charge in [-0.15, -0.1) is 0 Å². The van der Waals surface area contributed by atoms with Crippen molar-refractivity contribution >= 4 is 5.91 Å². The standard InChI is InChI=1S/C14H22N2O3/c1-3-9(4-2)10(15)8-16-14(19)13-11(17)6-5-7-12(13)18/h5-7,9-10,17-18H,3-4,8,15H2,1-2H3,(H,16,19). The lowest BCUT2D eigenvalue weighted by Gasteiger charge is -2.21. The third-order valence-electron chi connectivity index (χ3n) is 3.40. The fraction of sp³-hybridized carbons (Fsp3) is 0.500. The van der Waals surface area contributed by atoms with Gasteiger partial charge in [0.05, 0.1) is 0 Å². The van der Waals surface area contributed by atoms with Gasteiger partial charge in [-0.25, -0.2) is 0 Å². The predicted molar refractivity (Wildman–Crippen MR) is 74.2 cm³/mol. The van der Waals surface area contributed by atoms with E-state index < -0.39 is 5.91 Å². The van der Waals surface area contributed by atoms with Gasteiger partial charge in [0.1, 0.15) is 17.1 Å². The summed E-state index contributed by atoms with van der Waals surface area (Å²) >= 11 is 0. The Labute approximate surface area is 113 Å². The maximum absolute atomic E-state index is 11.9. The van der Waals surface area contributed by atoms with E-state index in [1.54, 1.807) is 0 Å². The number of hydrogen-bond acceptors (Lipinski definition) is 4. The van der Waals surface area contributed by atoms with Crippen molar-refractivity contribution in [1.82, 2.24) is 5.32 Å². The molecule has 5 nitrogen and oxygen atoms in total. The summed E-state index contributed by atoms with van der Waals surface area (Å²) < 4.78 is 0. The average molecular weight is 266 g/mol. The minimum Gasteiger partial charge on any atom is -0.507 e. The molecule has 19 heavy (non-hydrogen) atoms. The van der Waals surface area contributed by atoms with Crippen LogP contribution in [0.3, 0.4) is 0 Å². The average Bonchev–Trinajstić information content (AvgIpc) is 2.37. The minimum atomic E-state index is -0.517. The van der Waals surface area contributed by atoms with Crippen LogP contribution in [-0.2, 0) is 0 Å². The third kappa shape index (κ3) is 3.86. The van der Waals surface area contributed by atoms with E-state index in [-0.39, 0.29) is 23.1 Å². The summed E-state index contributed by atoms with van der Waals surface area (Å²) in [6.45, 7) is 4.44. The molecule has 0 heterocycles. The van der Waals surface area contributed by atoms with Crippen LogP contribution in [-0.4, -0.2) is 28.7 Å². The Bertz CT molecular complexity index is 410. The predicted octanol–water partition coefficient (Wildman–Crippen LogP) is 1.59. The largest absolute Gasteiger partial charge is 0.507 e. The van der Waals surface area contributed by atoms with Gasteiger partial charge in [0.15, 0.2) is 0 Å². The molecule has 5 N–H and O–H groups in total. The van der Waals surface area contributed by atoms with E-state index in [9.17, 15) is 15.0 Å². The van der Waals surface area contributed by atoms with Crippen LogP contribution in [0, 0.1) is 5.92 Å². The van der Waals surface area contributed by atoms with Gasteiger partial charge in [0.2, 0.25) is 0 Å². The number of aromatic hydroxyl groups is 2. The van der Waals surface area contributed by atoms with E-state index in [4.69, 9.17) is 5.73 Å². The molecule has 0 bridgehead atoms. The first kappa shape index (κ1) is 15.3. The van der Waals surface area contributed by atoms with Crippen molar-refractivity contribution in [2.45, 2.75) is 32.7 Å². The number of amides is 1. The molecule has 0 fully saturated rings. The SMILES string of the molecule is CCC(CC)C(N)CNC(=O)c1c(O)cccc1O. The van der Waals surface area contributed by atoms with Gasteiger partial charge >= 0.3 is 0 Å². The topological polar surface area (TPSA) is 95.6 Å². The van der Waals surface area contributed by atoms with Gasteiger partial charge in [-0.05, 0) is 18.1 Å². The van der Waals surface area contributed by atoms with Crippen molar-refractivity contribution in [3.63, 3.8) is 0 Å². The Morgan fingerprint density at radius 1 is 1.26 bits per heavy atom. The van der Waals surface area contributed by atoms with E-state index in [0.717, 1.165) is 12.8 Å². The second-order valence-corrected chi connectivity index (χ2v) is 4.62. The molecule has 0 radical (unpaired) electrons. The number of phenolic OH excluding ortho intramolecular Hbond substituents is 2. The molecule has 0 aliphatic rings. The smallest absolute Gasteiger partial charge is 0.258 e. The van der Waals surface area contributed by atoms with Crippen molar-refractivity contribution < 1.29 is 15.0 Å². The van der Waals surface area contributed by atoms with Crippen molar-refractivity contribution in [2.75, 3.05) is 6.54 Å². The zero-order chi connectivity index (χ0) is 14.4. The number of nitrogens with one attached hydrogen (secondary N) is 1. The fourth-order valence-corrected chi connectivity index (χ4v) is 2.12. The lowest BCUT2D eigenvalue weighted by Crippen LogP contribution is -2.41. The molecule has 0 aliphatic heterocycles. The molecule has 0 saturated heterocycles. The first-order valence-electron chi connectivity index (χ1n) is 6.55. The maximum Gasteiger partial charge on any atom is 0.258 e. The summed E-state index contributed by atoms with van der Waals surface area (Å²) in [6, 6.07) is 4.05. The van der Waals surface area contributed by atoms with Crippen LogP contribution in [0.2, 0.25) is 0 Å². The number of rotatable bonds is 6. The zero-order valence-corrected chi connectivity index (χ0v) is 11.4. The molecule has 1 amide bonds. The molecule has 106 valence electrons. The van der Waals surface area contributed by atoms with E-state index in [0.29, 0.717) is 12.5 Å². The van der Waals surface area contributed by atoms with Crippen LogP contribution >= 0.6 is 0 Å². The second kappa shape index (κ2) is 6.99. The lowest BCUT2D eigenvalue weighted by atomic mass is 9.95. The van der Waals surface area contributed by atoms with Crippen molar-refractivity contribution in [1.29, 1.82) is 0 Å². The Hall–Kier alpha value is -1.75. The van der Waals surface area contributed by atoms with Gasteiger partial charge in [-0.3, -0.25) is 4.79 Å². The maximum atomic E-state index is 11.9. The molecule has 0 aromatic heterocycles. The number of phenols is 2. The van der Waals surface area contributed by atoms with E-state index in [1.165, 1.54) is 18.2 Å². The van der Waals surface area contributed by atoms with Gasteiger partial charge < -0.3 is 21.3 Å². The lowest BCUT2D eigenvalue weighted by molar-refractivity contribution is 0.0942. The molecule has 1 aromatic rings. The Kier molecular flexibility index (Phi) is 5.63. The number of benzene rings is 1. The zero-order valence-electron chi connectivity index (χ0n) is 11.4. The van der Waals surface area contributed by atoms with Gasteiger partial charge in [-0.1, -0.05) is 32.8 Å². The summed E-state index contributed by atoms with van der Waals surface area (Å²) in [6.07, 6.45) is 1.91. The number of carbonyl (C=O) groups is 1. The quantitative estimate of drug-likeness (QED) is 0.628. The molecule has 0 spiro atoms. The molecule has 5 heteroatoms. The summed E-state index contributed by atoms with van der Waals surface area (Å²) in [5.41, 5.74) is 5.89. The van der Waals surface area contributed by atoms with Crippen LogP contribution in [0.4, 0.5) is 0 Å². The number of nitrogens with two attached hydrogens (primary N) is 1. The van der Waals surface area contributed by atoms with Crippen LogP contribution in [0.1, 0.15) is 37.0 Å². The van der Waals surface area contributed by atoms with E-state index in [1.807, 2.05) is 0 Å². The summed E-state index contributed by atoms with van der Waals surface area (Å²) in [7, 11) is 0. The summed E-state index contributed by atoms with van der Waals surface area (Å²) in [5.74, 6) is -0.655. The molecule has 1 atom stereocenters. The minimum absolute atomic E-state index is 0.112.